The van der Waals surface area contributed by atoms with Crippen molar-refractivity contribution in [2.24, 2.45) is 5.84 Å². The third-order valence-corrected chi connectivity index (χ3v) is 3.51. The van der Waals surface area contributed by atoms with Crippen molar-refractivity contribution < 1.29 is 9.13 Å². The number of aryl methyl sites for hydroxylation is 1. The number of pyridine rings is 1. The quantitative estimate of drug-likeness (QED) is 0.658. The Morgan fingerprint density at radius 3 is 3.00 bits per heavy atom. The first-order valence-electron chi connectivity index (χ1n) is 6.49. The normalized spacial score (nSPS) is 13.6. The van der Waals surface area contributed by atoms with Crippen LogP contribution in [0.15, 0.2) is 12.1 Å². The lowest BCUT2D eigenvalue weighted by molar-refractivity contribution is 0.322. The van der Waals surface area contributed by atoms with E-state index < -0.39 is 0 Å². The van der Waals surface area contributed by atoms with Crippen molar-refractivity contribution in [3.05, 3.63) is 29.2 Å². The Bertz CT molecular complexity index is 642. The summed E-state index contributed by atoms with van der Waals surface area (Å²) in [6, 6.07) is 3.09. The monoisotopic (exact) mass is 261 g/mol. The maximum Gasteiger partial charge on any atom is 0.167 e. The van der Waals surface area contributed by atoms with Gasteiger partial charge in [0.15, 0.2) is 11.6 Å². The van der Waals surface area contributed by atoms with Gasteiger partial charge in [0.25, 0.3) is 0 Å². The molecule has 0 saturated carbocycles. The van der Waals surface area contributed by atoms with E-state index in [0.29, 0.717) is 12.1 Å². The molecule has 0 atom stereocenters. The van der Waals surface area contributed by atoms with E-state index in [4.69, 9.17) is 10.6 Å². The second-order valence-electron chi connectivity index (χ2n) is 4.64. The van der Waals surface area contributed by atoms with Crippen LogP contribution in [-0.2, 0) is 12.8 Å². The molecule has 4 nitrogen and oxygen atoms in total. The van der Waals surface area contributed by atoms with Crippen LogP contribution in [0, 0.1) is 5.82 Å². The standard InChI is InChI=1S/C14H16FN3O/c1-2-19-13-6-9-12(7-10(13)15)17-11-5-3-4-8(11)14(9)18-16/h6-7H,2-5,16H2,1H3,(H,17,18). The van der Waals surface area contributed by atoms with E-state index in [-0.39, 0.29) is 11.6 Å². The van der Waals surface area contributed by atoms with E-state index in [2.05, 4.69) is 10.4 Å². The minimum Gasteiger partial charge on any atom is -0.491 e. The van der Waals surface area contributed by atoms with Crippen LogP contribution in [0.1, 0.15) is 24.6 Å². The number of anilines is 1. The van der Waals surface area contributed by atoms with E-state index in [1.807, 2.05) is 6.92 Å². The van der Waals surface area contributed by atoms with Crippen molar-refractivity contribution in [2.75, 3.05) is 12.0 Å². The number of halogens is 1. The van der Waals surface area contributed by atoms with Gasteiger partial charge in [-0.2, -0.15) is 0 Å². The Kier molecular flexibility index (Phi) is 2.98. The summed E-state index contributed by atoms with van der Waals surface area (Å²) in [5.74, 6) is 5.49. The minimum atomic E-state index is -0.386. The van der Waals surface area contributed by atoms with Gasteiger partial charge in [0.05, 0.1) is 17.8 Å². The van der Waals surface area contributed by atoms with E-state index in [0.717, 1.165) is 41.6 Å². The second kappa shape index (κ2) is 4.66. The number of nitrogens with zero attached hydrogens (tertiary/aromatic N) is 1. The molecule has 1 aliphatic carbocycles. The maximum absolute atomic E-state index is 13.9. The van der Waals surface area contributed by atoms with Gasteiger partial charge in [-0.15, -0.1) is 0 Å². The molecular weight excluding hydrogens is 245 g/mol. The van der Waals surface area contributed by atoms with Crippen LogP contribution in [0.3, 0.4) is 0 Å². The Labute approximate surface area is 110 Å². The highest BCUT2D eigenvalue weighted by Gasteiger charge is 2.20. The van der Waals surface area contributed by atoms with E-state index in [9.17, 15) is 4.39 Å². The molecule has 0 bridgehead atoms. The summed E-state index contributed by atoms with van der Waals surface area (Å²) in [4.78, 5) is 4.54. The third-order valence-electron chi connectivity index (χ3n) is 3.51. The topological polar surface area (TPSA) is 60.2 Å². The molecule has 19 heavy (non-hydrogen) atoms. The highest BCUT2D eigenvalue weighted by molar-refractivity contribution is 5.94. The molecule has 0 spiro atoms. The van der Waals surface area contributed by atoms with Crippen molar-refractivity contribution >= 4 is 16.6 Å². The van der Waals surface area contributed by atoms with Gasteiger partial charge in [-0.25, -0.2) is 4.39 Å². The van der Waals surface area contributed by atoms with Crippen LogP contribution in [0.25, 0.3) is 10.9 Å². The fourth-order valence-electron chi connectivity index (χ4n) is 2.70. The van der Waals surface area contributed by atoms with Gasteiger partial charge < -0.3 is 10.2 Å². The van der Waals surface area contributed by atoms with Gasteiger partial charge >= 0.3 is 0 Å². The molecule has 1 aromatic heterocycles. The lowest BCUT2D eigenvalue weighted by Gasteiger charge is -2.13. The number of benzene rings is 1. The Hall–Kier alpha value is -1.88. The molecule has 0 saturated heterocycles. The molecule has 1 aliphatic rings. The summed E-state index contributed by atoms with van der Waals surface area (Å²) in [5.41, 5.74) is 6.37. The molecular formula is C14H16FN3O. The van der Waals surface area contributed by atoms with Crippen LogP contribution in [0.5, 0.6) is 5.75 Å². The highest BCUT2D eigenvalue weighted by Crippen LogP contribution is 2.36. The van der Waals surface area contributed by atoms with Gasteiger partial charge in [0.1, 0.15) is 0 Å². The summed E-state index contributed by atoms with van der Waals surface area (Å²) in [5, 5.41) is 0.813. The van der Waals surface area contributed by atoms with Gasteiger partial charge in [-0.05, 0) is 37.8 Å². The molecule has 1 aromatic carbocycles. The Balaban J connectivity index is 2.28. The third kappa shape index (κ3) is 1.90. The molecule has 0 aliphatic heterocycles. The van der Waals surface area contributed by atoms with Gasteiger partial charge in [-0.1, -0.05) is 0 Å². The minimum absolute atomic E-state index is 0.242. The zero-order chi connectivity index (χ0) is 13.4. The van der Waals surface area contributed by atoms with Crippen molar-refractivity contribution in [1.29, 1.82) is 0 Å². The van der Waals surface area contributed by atoms with Gasteiger partial charge in [0, 0.05) is 17.1 Å². The van der Waals surface area contributed by atoms with E-state index in [1.165, 1.54) is 6.07 Å². The number of hydrogen-bond donors (Lipinski definition) is 2. The number of nitrogens with one attached hydrogen (secondary N) is 1. The van der Waals surface area contributed by atoms with Crippen LogP contribution in [0.2, 0.25) is 0 Å². The van der Waals surface area contributed by atoms with Gasteiger partial charge in [0.2, 0.25) is 0 Å². The number of rotatable bonds is 3. The van der Waals surface area contributed by atoms with Gasteiger partial charge in [-0.3, -0.25) is 10.8 Å². The van der Waals surface area contributed by atoms with Crippen LogP contribution in [0.4, 0.5) is 10.1 Å². The Morgan fingerprint density at radius 2 is 2.26 bits per heavy atom. The smallest absolute Gasteiger partial charge is 0.167 e. The average Bonchev–Trinajstić information content (AvgIpc) is 2.85. The number of fused-ring (bicyclic) bond motifs is 2. The molecule has 2 aromatic rings. The summed E-state index contributed by atoms with van der Waals surface area (Å²) >= 11 is 0. The van der Waals surface area contributed by atoms with Crippen molar-refractivity contribution in [3.8, 4) is 5.75 Å². The highest BCUT2D eigenvalue weighted by atomic mass is 19.1. The first-order valence-corrected chi connectivity index (χ1v) is 6.49. The molecule has 100 valence electrons. The number of hydrazine groups is 1. The van der Waals surface area contributed by atoms with Crippen molar-refractivity contribution in [1.82, 2.24) is 4.98 Å². The number of nitrogen functional groups attached to an aromatic ring is 1. The molecule has 0 fully saturated rings. The van der Waals surface area contributed by atoms with Crippen LogP contribution >= 0.6 is 0 Å². The van der Waals surface area contributed by atoms with E-state index >= 15 is 0 Å². The largest absolute Gasteiger partial charge is 0.491 e. The van der Waals surface area contributed by atoms with Crippen LogP contribution in [-0.4, -0.2) is 11.6 Å². The lowest BCUT2D eigenvalue weighted by Crippen LogP contribution is -2.11. The fraction of sp³-hybridized carbons (Fsp3) is 0.357. The average molecular weight is 261 g/mol. The summed E-state index contributed by atoms with van der Waals surface area (Å²) in [7, 11) is 0. The predicted molar refractivity (Wildman–Crippen MR) is 72.7 cm³/mol. The number of ether oxygens (including phenoxy) is 1. The maximum atomic E-state index is 13.9. The predicted octanol–water partition coefficient (Wildman–Crippen LogP) is 2.55. The second-order valence-corrected chi connectivity index (χ2v) is 4.64. The summed E-state index contributed by atoms with van der Waals surface area (Å²) < 4.78 is 19.2. The van der Waals surface area contributed by atoms with Crippen LogP contribution < -0.4 is 16.0 Å². The molecule has 3 rings (SSSR count). The number of hydrogen-bond acceptors (Lipinski definition) is 4. The fourth-order valence-corrected chi connectivity index (χ4v) is 2.70. The first-order chi connectivity index (χ1) is 9.24. The molecule has 0 radical (unpaired) electrons. The molecule has 0 unspecified atom stereocenters. The van der Waals surface area contributed by atoms with Crippen molar-refractivity contribution in [3.63, 3.8) is 0 Å². The lowest BCUT2D eigenvalue weighted by atomic mass is 10.1. The Morgan fingerprint density at radius 1 is 1.42 bits per heavy atom. The molecule has 3 N–H and O–H groups in total. The first kappa shape index (κ1) is 12.2. The van der Waals surface area contributed by atoms with E-state index in [1.54, 1.807) is 6.07 Å². The molecule has 5 heteroatoms. The summed E-state index contributed by atoms with van der Waals surface area (Å²) in [6.45, 7) is 2.25. The number of nitrogens with two attached hydrogens (primary N) is 1. The number of aromatic nitrogens is 1. The molecule has 1 heterocycles. The zero-order valence-corrected chi connectivity index (χ0v) is 10.8. The molecule has 0 amide bonds. The zero-order valence-electron chi connectivity index (χ0n) is 10.8. The van der Waals surface area contributed by atoms with Crippen molar-refractivity contribution in [2.45, 2.75) is 26.2 Å². The summed E-state index contributed by atoms with van der Waals surface area (Å²) in [6.07, 6.45) is 2.95. The SMILES string of the molecule is CCOc1cc2c(NN)c3c(nc2cc1F)CCC3.